The van der Waals surface area contributed by atoms with Gasteiger partial charge >= 0.3 is 0 Å². The van der Waals surface area contributed by atoms with Crippen molar-refractivity contribution in [2.75, 3.05) is 13.2 Å². The molecule has 0 amide bonds. The van der Waals surface area contributed by atoms with Gasteiger partial charge in [-0.2, -0.15) is 8.42 Å². The average Bonchev–Trinajstić information content (AvgIpc) is 3.37. The summed E-state index contributed by atoms with van der Waals surface area (Å²) in [7, 11) is -3.76. The van der Waals surface area contributed by atoms with E-state index in [1.807, 2.05) is 19.1 Å². The zero-order valence-corrected chi connectivity index (χ0v) is 21.7. The standard InChI is InChI=1S/C28H40O5S/c1-19-4-7-21(8-5-19)34(29,30)33-25-11-10-23-22-9-6-20-12-15-28(31-16-17-32-28)18-27(20,3)24(22)13-14-26(23,25)2/h4-5,7-8,20,22-25H,6,9-18H2,1-3H3/t20-,22-,23+,24-,25+,26-,27-/m0/s1. The number of aryl methyl sites for hydroxylation is 1. The third kappa shape index (κ3) is 3.54. The van der Waals surface area contributed by atoms with E-state index in [4.69, 9.17) is 13.7 Å². The molecule has 5 fully saturated rings. The molecule has 5 nitrogen and oxygen atoms in total. The van der Waals surface area contributed by atoms with Gasteiger partial charge in [0.15, 0.2) is 5.79 Å². The summed E-state index contributed by atoms with van der Waals surface area (Å²) in [5, 5.41) is 0. The first-order valence-corrected chi connectivity index (χ1v) is 14.8. The van der Waals surface area contributed by atoms with Crippen molar-refractivity contribution in [3.05, 3.63) is 29.8 Å². The van der Waals surface area contributed by atoms with E-state index in [0.717, 1.165) is 63.2 Å². The molecule has 4 saturated carbocycles. The number of benzene rings is 1. The lowest BCUT2D eigenvalue weighted by Crippen LogP contribution is -2.57. The highest BCUT2D eigenvalue weighted by Gasteiger charge is 2.63. The van der Waals surface area contributed by atoms with Gasteiger partial charge in [0.1, 0.15) is 0 Å². The van der Waals surface area contributed by atoms with E-state index in [1.54, 1.807) is 12.1 Å². The quantitative estimate of drug-likeness (QED) is 0.499. The summed E-state index contributed by atoms with van der Waals surface area (Å²) in [6.45, 7) is 8.25. The van der Waals surface area contributed by atoms with Crippen LogP contribution in [0, 0.1) is 41.4 Å². The Morgan fingerprint density at radius 1 is 0.853 bits per heavy atom. The van der Waals surface area contributed by atoms with Crippen molar-refractivity contribution in [1.29, 1.82) is 0 Å². The molecule has 1 aromatic carbocycles. The highest BCUT2D eigenvalue weighted by molar-refractivity contribution is 7.86. The van der Waals surface area contributed by atoms with Gasteiger partial charge in [0.05, 0.1) is 24.2 Å². The van der Waals surface area contributed by atoms with Crippen LogP contribution in [0.4, 0.5) is 0 Å². The first-order valence-electron chi connectivity index (χ1n) is 13.4. The maximum absolute atomic E-state index is 13.1. The molecule has 1 heterocycles. The summed E-state index contributed by atoms with van der Waals surface area (Å²) < 4.78 is 44.7. The molecule has 1 saturated heterocycles. The zero-order chi connectivity index (χ0) is 23.8. The van der Waals surface area contributed by atoms with E-state index in [2.05, 4.69) is 13.8 Å². The molecular weight excluding hydrogens is 448 g/mol. The molecule has 1 aromatic rings. The van der Waals surface area contributed by atoms with Gasteiger partial charge in [-0.1, -0.05) is 31.5 Å². The fourth-order valence-corrected chi connectivity index (χ4v) is 10.3. The normalized spacial score (nSPS) is 43.3. The van der Waals surface area contributed by atoms with Crippen LogP contribution in [0.15, 0.2) is 29.2 Å². The molecule has 7 atom stereocenters. The minimum Gasteiger partial charge on any atom is -0.348 e. The molecule has 6 rings (SSSR count). The van der Waals surface area contributed by atoms with E-state index >= 15 is 0 Å². The predicted molar refractivity (Wildman–Crippen MR) is 130 cm³/mol. The number of rotatable bonds is 3. The Morgan fingerprint density at radius 3 is 2.29 bits per heavy atom. The van der Waals surface area contributed by atoms with Gasteiger partial charge < -0.3 is 9.47 Å². The van der Waals surface area contributed by atoms with Gasteiger partial charge in [0.25, 0.3) is 10.1 Å². The van der Waals surface area contributed by atoms with E-state index in [1.165, 1.54) is 19.3 Å². The fourth-order valence-electron chi connectivity index (χ4n) is 9.11. The Hall–Kier alpha value is -0.950. The third-order valence-electron chi connectivity index (χ3n) is 10.9. The molecule has 5 aliphatic rings. The molecule has 0 radical (unpaired) electrons. The maximum atomic E-state index is 13.1. The van der Waals surface area contributed by atoms with Crippen LogP contribution in [0.1, 0.15) is 77.2 Å². The molecule has 1 spiro atoms. The Morgan fingerprint density at radius 2 is 1.56 bits per heavy atom. The molecule has 1 aliphatic heterocycles. The van der Waals surface area contributed by atoms with Crippen molar-refractivity contribution in [3.63, 3.8) is 0 Å². The van der Waals surface area contributed by atoms with Crippen molar-refractivity contribution in [3.8, 4) is 0 Å². The first-order chi connectivity index (χ1) is 16.2. The van der Waals surface area contributed by atoms with Crippen LogP contribution < -0.4 is 0 Å². The molecular formula is C28H40O5S. The number of fused-ring (bicyclic) bond motifs is 5. The molecule has 0 bridgehead atoms. The van der Waals surface area contributed by atoms with Crippen molar-refractivity contribution in [2.45, 2.75) is 95.3 Å². The van der Waals surface area contributed by atoms with Crippen molar-refractivity contribution in [1.82, 2.24) is 0 Å². The maximum Gasteiger partial charge on any atom is 0.297 e. The predicted octanol–water partition coefficient (Wildman–Crippen LogP) is 5.85. The minimum absolute atomic E-state index is 0.0746. The highest BCUT2D eigenvalue weighted by Crippen LogP contribution is 2.68. The fraction of sp³-hybridized carbons (Fsp3) is 0.786. The lowest BCUT2D eigenvalue weighted by Gasteiger charge is -2.62. The Balaban J connectivity index is 1.23. The molecule has 34 heavy (non-hydrogen) atoms. The number of hydrogen-bond donors (Lipinski definition) is 0. The molecule has 0 unspecified atom stereocenters. The first kappa shape index (κ1) is 23.4. The molecule has 0 N–H and O–H groups in total. The van der Waals surface area contributed by atoms with Gasteiger partial charge in [0, 0.05) is 12.8 Å². The summed E-state index contributed by atoms with van der Waals surface area (Å²) >= 11 is 0. The monoisotopic (exact) mass is 488 g/mol. The van der Waals surface area contributed by atoms with Crippen molar-refractivity contribution >= 4 is 10.1 Å². The Labute approximate surface area is 205 Å². The van der Waals surface area contributed by atoms with Gasteiger partial charge in [-0.05, 0) is 98.5 Å². The second-order valence-corrected chi connectivity index (χ2v) is 14.0. The SMILES string of the molecule is Cc1ccc(S(=O)(=O)O[C@@H]2CC[C@@H]3[C@@H]4CC[C@H]5CCC6(C[C@]5(C)[C@H]4CC[C@@]32C)OCCO6)cc1. The number of hydrogen-bond acceptors (Lipinski definition) is 5. The van der Waals surface area contributed by atoms with Gasteiger partial charge in [-0.15, -0.1) is 0 Å². The van der Waals surface area contributed by atoms with E-state index in [-0.39, 0.29) is 27.6 Å². The van der Waals surface area contributed by atoms with Gasteiger partial charge in [-0.25, -0.2) is 0 Å². The zero-order valence-electron chi connectivity index (χ0n) is 20.9. The van der Waals surface area contributed by atoms with Crippen LogP contribution in [-0.2, 0) is 23.8 Å². The van der Waals surface area contributed by atoms with Crippen molar-refractivity contribution in [2.24, 2.45) is 34.5 Å². The van der Waals surface area contributed by atoms with Crippen LogP contribution in [0.5, 0.6) is 0 Å². The summed E-state index contributed by atoms with van der Waals surface area (Å²) in [4.78, 5) is 0.274. The van der Waals surface area contributed by atoms with Crippen LogP contribution >= 0.6 is 0 Å². The summed E-state index contributed by atoms with van der Waals surface area (Å²) in [5.74, 6) is 2.25. The van der Waals surface area contributed by atoms with E-state index in [9.17, 15) is 8.42 Å². The molecule has 188 valence electrons. The highest BCUT2D eigenvalue weighted by atomic mass is 32.2. The van der Waals surface area contributed by atoms with Gasteiger partial charge in [0.2, 0.25) is 0 Å². The molecule has 4 aliphatic carbocycles. The second-order valence-electron chi connectivity index (χ2n) is 12.5. The van der Waals surface area contributed by atoms with Crippen LogP contribution in [0.3, 0.4) is 0 Å². The molecule has 6 heteroatoms. The Kier molecular flexibility index (Phi) is 5.53. The van der Waals surface area contributed by atoms with E-state index in [0.29, 0.717) is 17.8 Å². The van der Waals surface area contributed by atoms with E-state index < -0.39 is 10.1 Å². The summed E-state index contributed by atoms with van der Waals surface area (Å²) in [6, 6.07) is 7.03. The average molecular weight is 489 g/mol. The van der Waals surface area contributed by atoms with Crippen LogP contribution in [0.25, 0.3) is 0 Å². The Bertz CT molecular complexity index is 1030. The second kappa shape index (κ2) is 8.03. The molecule has 0 aromatic heterocycles. The number of ether oxygens (including phenoxy) is 2. The lowest BCUT2D eigenvalue weighted by molar-refractivity contribution is -0.239. The van der Waals surface area contributed by atoms with Crippen LogP contribution in [0.2, 0.25) is 0 Å². The summed E-state index contributed by atoms with van der Waals surface area (Å²) in [6.07, 6.45) is 9.73. The lowest BCUT2D eigenvalue weighted by atomic mass is 9.44. The van der Waals surface area contributed by atoms with Crippen LogP contribution in [-0.4, -0.2) is 33.5 Å². The van der Waals surface area contributed by atoms with Crippen molar-refractivity contribution < 1.29 is 22.1 Å². The minimum atomic E-state index is -3.76. The topological polar surface area (TPSA) is 61.8 Å². The third-order valence-corrected chi connectivity index (χ3v) is 12.2. The van der Waals surface area contributed by atoms with Gasteiger partial charge in [-0.3, -0.25) is 4.18 Å². The largest absolute Gasteiger partial charge is 0.348 e. The summed E-state index contributed by atoms with van der Waals surface area (Å²) in [5.41, 5.74) is 1.22. The smallest absolute Gasteiger partial charge is 0.297 e.